The molecular formula is C13H20Cl2NO+. The van der Waals surface area contributed by atoms with E-state index < -0.39 is 0 Å². The van der Waals surface area contributed by atoms with Gasteiger partial charge in [0.05, 0.1) is 31.3 Å². The lowest BCUT2D eigenvalue weighted by Crippen LogP contribution is -3.11. The Bertz CT molecular complexity index is 340. The summed E-state index contributed by atoms with van der Waals surface area (Å²) < 4.78 is 5.63. The summed E-state index contributed by atoms with van der Waals surface area (Å²) in [6.45, 7) is 8.57. The van der Waals surface area contributed by atoms with E-state index in [-0.39, 0.29) is 0 Å². The van der Waals surface area contributed by atoms with Crippen molar-refractivity contribution in [2.24, 2.45) is 0 Å². The van der Waals surface area contributed by atoms with E-state index in [9.17, 15) is 0 Å². The average molecular weight is 277 g/mol. The third-order valence-corrected chi connectivity index (χ3v) is 3.36. The molecule has 0 radical (unpaired) electrons. The summed E-state index contributed by atoms with van der Waals surface area (Å²) in [5.41, 5.74) is 0. The molecule has 0 spiro atoms. The van der Waals surface area contributed by atoms with Crippen LogP contribution in [0.1, 0.15) is 20.3 Å². The first kappa shape index (κ1) is 14.6. The van der Waals surface area contributed by atoms with Crippen molar-refractivity contribution in [1.82, 2.24) is 0 Å². The lowest BCUT2D eigenvalue weighted by molar-refractivity contribution is -0.896. The fourth-order valence-corrected chi connectivity index (χ4v) is 2.16. The van der Waals surface area contributed by atoms with Crippen LogP contribution in [0.4, 0.5) is 0 Å². The van der Waals surface area contributed by atoms with E-state index in [2.05, 4.69) is 13.8 Å². The van der Waals surface area contributed by atoms with Gasteiger partial charge in [-0.05, 0) is 32.0 Å². The van der Waals surface area contributed by atoms with Crippen molar-refractivity contribution >= 4 is 23.2 Å². The second-order valence-electron chi connectivity index (χ2n) is 3.98. The standard InChI is InChI=1S/C13H19Cl2NO/c1-3-16(4-2)8-5-9-17-13-7-6-11(14)10-12(13)15/h6-7,10H,3-5,8-9H2,1-2H3/p+1. The maximum atomic E-state index is 6.01. The van der Waals surface area contributed by atoms with Gasteiger partial charge in [-0.3, -0.25) is 0 Å². The maximum absolute atomic E-state index is 6.01. The van der Waals surface area contributed by atoms with Gasteiger partial charge in [-0.2, -0.15) is 0 Å². The molecule has 0 amide bonds. The molecule has 0 saturated carbocycles. The minimum Gasteiger partial charge on any atom is -0.492 e. The van der Waals surface area contributed by atoms with Gasteiger partial charge in [-0.15, -0.1) is 0 Å². The van der Waals surface area contributed by atoms with Gasteiger partial charge in [-0.1, -0.05) is 23.2 Å². The number of nitrogens with one attached hydrogen (secondary N) is 1. The molecular weight excluding hydrogens is 257 g/mol. The zero-order valence-corrected chi connectivity index (χ0v) is 11.9. The van der Waals surface area contributed by atoms with Crippen molar-refractivity contribution < 1.29 is 9.64 Å². The van der Waals surface area contributed by atoms with E-state index in [0.29, 0.717) is 22.4 Å². The zero-order valence-electron chi connectivity index (χ0n) is 10.4. The summed E-state index contributed by atoms with van der Waals surface area (Å²) in [6.07, 6.45) is 1.04. The molecule has 0 fully saturated rings. The van der Waals surface area contributed by atoms with Crippen LogP contribution in [-0.2, 0) is 0 Å². The molecule has 2 nitrogen and oxygen atoms in total. The largest absolute Gasteiger partial charge is 0.492 e. The summed E-state index contributed by atoms with van der Waals surface area (Å²) in [5.74, 6) is 0.714. The Morgan fingerprint density at radius 1 is 1.18 bits per heavy atom. The van der Waals surface area contributed by atoms with Crippen LogP contribution in [0.15, 0.2) is 18.2 Å². The van der Waals surface area contributed by atoms with Crippen molar-refractivity contribution in [2.75, 3.05) is 26.2 Å². The van der Waals surface area contributed by atoms with Crippen molar-refractivity contribution in [3.63, 3.8) is 0 Å². The normalized spacial score (nSPS) is 10.9. The van der Waals surface area contributed by atoms with E-state index >= 15 is 0 Å². The van der Waals surface area contributed by atoms with Crippen molar-refractivity contribution in [2.45, 2.75) is 20.3 Å². The highest BCUT2D eigenvalue weighted by atomic mass is 35.5. The highest BCUT2D eigenvalue weighted by molar-refractivity contribution is 6.35. The first-order valence-electron chi connectivity index (χ1n) is 6.08. The fraction of sp³-hybridized carbons (Fsp3) is 0.538. The molecule has 1 aromatic carbocycles. The van der Waals surface area contributed by atoms with Crippen LogP contribution >= 0.6 is 23.2 Å². The molecule has 1 aromatic rings. The summed E-state index contributed by atoms with van der Waals surface area (Å²) >= 11 is 11.8. The molecule has 0 atom stereocenters. The molecule has 0 aliphatic rings. The average Bonchev–Trinajstić information content (AvgIpc) is 2.32. The molecule has 0 saturated heterocycles. The van der Waals surface area contributed by atoms with Crippen LogP contribution in [0, 0.1) is 0 Å². The summed E-state index contributed by atoms with van der Waals surface area (Å²) in [7, 11) is 0. The molecule has 0 bridgehead atoms. The maximum Gasteiger partial charge on any atom is 0.137 e. The van der Waals surface area contributed by atoms with Crippen molar-refractivity contribution in [1.29, 1.82) is 0 Å². The Hall–Kier alpha value is -0.440. The summed E-state index contributed by atoms with van der Waals surface area (Å²) in [6, 6.07) is 5.31. The number of benzene rings is 1. The lowest BCUT2D eigenvalue weighted by Gasteiger charge is -2.15. The summed E-state index contributed by atoms with van der Waals surface area (Å²) in [4.78, 5) is 1.59. The van der Waals surface area contributed by atoms with Gasteiger partial charge in [0.1, 0.15) is 5.75 Å². The van der Waals surface area contributed by atoms with Gasteiger partial charge in [0.15, 0.2) is 0 Å². The predicted octanol–water partition coefficient (Wildman–Crippen LogP) is 2.69. The second kappa shape index (κ2) is 7.80. The van der Waals surface area contributed by atoms with E-state index in [0.717, 1.165) is 26.1 Å². The van der Waals surface area contributed by atoms with Gasteiger partial charge in [-0.25, -0.2) is 0 Å². The highest BCUT2D eigenvalue weighted by Crippen LogP contribution is 2.27. The molecule has 0 unspecified atom stereocenters. The van der Waals surface area contributed by atoms with Crippen molar-refractivity contribution in [3.05, 3.63) is 28.2 Å². The first-order valence-corrected chi connectivity index (χ1v) is 6.84. The van der Waals surface area contributed by atoms with Crippen molar-refractivity contribution in [3.8, 4) is 5.75 Å². The van der Waals surface area contributed by atoms with Crippen LogP contribution in [0.5, 0.6) is 5.75 Å². The third-order valence-electron chi connectivity index (χ3n) is 2.83. The zero-order chi connectivity index (χ0) is 12.7. The minimum atomic E-state index is 0.577. The number of quaternary nitrogens is 1. The smallest absolute Gasteiger partial charge is 0.137 e. The molecule has 17 heavy (non-hydrogen) atoms. The Balaban J connectivity index is 2.31. The van der Waals surface area contributed by atoms with Crippen LogP contribution in [0.2, 0.25) is 10.0 Å². The van der Waals surface area contributed by atoms with E-state index in [4.69, 9.17) is 27.9 Å². The Morgan fingerprint density at radius 3 is 2.47 bits per heavy atom. The van der Waals surface area contributed by atoms with Gasteiger partial charge in [0.25, 0.3) is 0 Å². The fourth-order valence-electron chi connectivity index (χ4n) is 1.70. The molecule has 96 valence electrons. The Morgan fingerprint density at radius 2 is 1.88 bits per heavy atom. The third kappa shape index (κ3) is 5.15. The van der Waals surface area contributed by atoms with Gasteiger partial charge < -0.3 is 9.64 Å². The number of halogens is 2. The highest BCUT2D eigenvalue weighted by Gasteiger charge is 2.04. The number of rotatable bonds is 7. The minimum absolute atomic E-state index is 0.577. The number of ether oxygens (including phenoxy) is 1. The second-order valence-corrected chi connectivity index (χ2v) is 4.83. The predicted molar refractivity (Wildman–Crippen MR) is 73.5 cm³/mol. The van der Waals surface area contributed by atoms with Gasteiger partial charge in [0, 0.05) is 11.4 Å². The van der Waals surface area contributed by atoms with E-state index in [1.807, 2.05) is 6.07 Å². The van der Waals surface area contributed by atoms with Gasteiger partial charge >= 0.3 is 0 Å². The molecule has 0 heterocycles. The van der Waals surface area contributed by atoms with Crippen LogP contribution in [0.25, 0.3) is 0 Å². The van der Waals surface area contributed by atoms with E-state index in [1.54, 1.807) is 17.0 Å². The van der Waals surface area contributed by atoms with Crippen LogP contribution in [-0.4, -0.2) is 26.2 Å². The summed E-state index contributed by atoms with van der Waals surface area (Å²) in [5, 5.41) is 1.21. The molecule has 4 heteroatoms. The van der Waals surface area contributed by atoms with Crippen LogP contribution in [0.3, 0.4) is 0 Å². The SMILES string of the molecule is CC[NH+](CC)CCCOc1ccc(Cl)cc1Cl. The van der Waals surface area contributed by atoms with E-state index in [1.165, 1.54) is 0 Å². The van der Waals surface area contributed by atoms with Gasteiger partial charge in [0.2, 0.25) is 0 Å². The molecule has 1 N–H and O–H groups in total. The number of hydrogen-bond donors (Lipinski definition) is 1. The topological polar surface area (TPSA) is 13.7 Å². The molecule has 0 aliphatic carbocycles. The molecule has 0 aliphatic heterocycles. The monoisotopic (exact) mass is 276 g/mol. The molecule has 1 rings (SSSR count). The first-order chi connectivity index (χ1) is 8.17. The number of hydrogen-bond acceptors (Lipinski definition) is 1. The quantitative estimate of drug-likeness (QED) is 0.756. The van der Waals surface area contributed by atoms with Crippen LogP contribution < -0.4 is 9.64 Å². The molecule has 0 aromatic heterocycles. The lowest BCUT2D eigenvalue weighted by atomic mass is 10.3. The Labute approximate surface area is 113 Å². The Kier molecular flexibility index (Phi) is 6.71.